The number of carbonyl (C=O) groups is 2. The second-order valence-corrected chi connectivity index (χ2v) is 4.82. The summed E-state index contributed by atoms with van der Waals surface area (Å²) in [7, 11) is 0. The van der Waals surface area contributed by atoms with Crippen LogP contribution in [-0.2, 0) is 9.59 Å². The van der Waals surface area contributed by atoms with Crippen LogP contribution in [0.5, 0.6) is 0 Å². The first-order chi connectivity index (χ1) is 8.58. The first-order valence-electron chi connectivity index (χ1n) is 5.92. The van der Waals surface area contributed by atoms with Crippen molar-refractivity contribution < 1.29 is 9.59 Å². The molecule has 1 aliphatic heterocycles. The number of hydrogen-bond acceptors (Lipinski definition) is 2. The Balaban J connectivity index is 1.99. The maximum Gasteiger partial charge on any atom is 0.243 e. The smallest absolute Gasteiger partial charge is 0.243 e. The van der Waals surface area contributed by atoms with Gasteiger partial charge in [-0.2, -0.15) is 0 Å². The largest absolute Gasteiger partial charge is 0.348 e. The molecule has 1 saturated heterocycles. The third kappa shape index (κ3) is 2.82. The van der Waals surface area contributed by atoms with Crippen molar-refractivity contribution in [3.8, 4) is 0 Å². The number of rotatable bonds is 3. The molecular formula is C13H15ClN2O2. The Kier molecular flexibility index (Phi) is 3.87. The molecule has 0 aliphatic carbocycles. The van der Waals surface area contributed by atoms with E-state index in [0.29, 0.717) is 17.9 Å². The Morgan fingerprint density at radius 1 is 1.50 bits per heavy atom. The van der Waals surface area contributed by atoms with Crippen LogP contribution >= 0.6 is 11.6 Å². The minimum Gasteiger partial charge on any atom is -0.348 e. The fraction of sp³-hybridized carbons (Fsp3) is 0.385. The number of hydrogen-bond donors (Lipinski definition) is 2. The van der Waals surface area contributed by atoms with Crippen LogP contribution in [0, 0.1) is 0 Å². The van der Waals surface area contributed by atoms with Crippen molar-refractivity contribution in [3.63, 3.8) is 0 Å². The summed E-state index contributed by atoms with van der Waals surface area (Å²) in [5, 5.41) is 6.13. The van der Waals surface area contributed by atoms with Crippen molar-refractivity contribution in [2.45, 2.75) is 31.8 Å². The van der Waals surface area contributed by atoms with Crippen molar-refractivity contribution in [3.05, 3.63) is 34.9 Å². The van der Waals surface area contributed by atoms with Gasteiger partial charge in [-0.15, -0.1) is 0 Å². The molecule has 0 radical (unpaired) electrons. The van der Waals surface area contributed by atoms with E-state index < -0.39 is 6.04 Å². The summed E-state index contributed by atoms with van der Waals surface area (Å²) < 4.78 is 0. The zero-order chi connectivity index (χ0) is 13.1. The van der Waals surface area contributed by atoms with Crippen LogP contribution in [-0.4, -0.2) is 17.9 Å². The fourth-order valence-corrected chi connectivity index (χ4v) is 2.33. The van der Waals surface area contributed by atoms with Gasteiger partial charge >= 0.3 is 0 Å². The molecular weight excluding hydrogens is 252 g/mol. The van der Waals surface area contributed by atoms with Gasteiger partial charge in [0.1, 0.15) is 6.04 Å². The van der Waals surface area contributed by atoms with E-state index in [0.717, 1.165) is 5.56 Å². The third-order valence-electron chi connectivity index (χ3n) is 3.04. The summed E-state index contributed by atoms with van der Waals surface area (Å²) in [5.74, 6) is -0.228. The lowest BCUT2D eigenvalue weighted by atomic mass is 10.1. The SMILES string of the molecule is C[C@@H](NC(=O)[C@@H]1CCC(=O)N1)c1ccccc1Cl. The van der Waals surface area contributed by atoms with Crippen molar-refractivity contribution >= 4 is 23.4 Å². The van der Waals surface area contributed by atoms with Gasteiger partial charge in [0.05, 0.1) is 6.04 Å². The molecule has 96 valence electrons. The van der Waals surface area contributed by atoms with Gasteiger partial charge in [-0.1, -0.05) is 29.8 Å². The highest BCUT2D eigenvalue weighted by molar-refractivity contribution is 6.31. The van der Waals surface area contributed by atoms with E-state index in [1.807, 2.05) is 25.1 Å². The minimum atomic E-state index is -0.414. The third-order valence-corrected chi connectivity index (χ3v) is 3.39. The normalized spacial score (nSPS) is 20.3. The minimum absolute atomic E-state index is 0.0689. The molecule has 1 fully saturated rings. The monoisotopic (exact) mass is 266 g/mol. The molecule has 0 spiro atoms. The zero-order valence-electron chi connectivity index (χ0n) is 10.1. The van der Waals surface area contributed by atoms with Crippen LogP contribution < -0.4 is 10.6 Å². The molecule has 18 heavy (non-hydrogen) atoms. The van der Waals surface area contributed by atoms with Crippen LogP contribution in [0.1, 0.15) is 31.4 Å². The summed E-state index contributed by atoms with van der Waals surface area (Å²) in [5.41, 5.74) is 0.872. The van der Waals surface area contributed by atoms with Gasteiger partial charge in [0, 0.05) is 11.4 Å². The fourth-order valence-electron chi connectivity index (χ4n) is 2.03. The lowest BCUT2D eigenvalue weighted by Crippen LogP contribution is -2.42. The number of nitrogens with one attached hydrogen (secondary N) is 2. The Hall–Kier alpha value is -1.55. The second-order valence-electron chi connectivity index (χ2n) is 4.41. The predicted octanol–water partition coefficient (Wildman–Crippen LogP) is 1.80. The van der Waals surface area contributed by atoms with Gasteiger partial charge in [0.15, 0.2) is 0 Å². The number of benzene rings is 1. The van der Waals surface area contributed by atoms with Crippen molar-refractivity contribution in [1.82, 2.24) is 10.6 Å². The van der Waals surface area contributed by atoms with E-state index in [-0.39, 0.29) is 17.9 Å². The quantitative estimate of drug-likeness (QED) is 0.876. The highest BCUT2D eigenvalue weighted by Gasteiger charge is 2.28. The van der Waals surface area contributed by atoms with E-state index in [4.69, 9.17) is 11.6 Å². The molecule has 2 atom stereocenters. The Morgan fingerprint density at radius 3 is 2.83 bits per heavy atom. The summed E-state index contributed by atoms with van der Waals surface area (Å²) in [6.07, 6.45) is 0.971. The van der Waals surface area contributed by atoms with Crippen molar-refractivity contribution in [2.24, 2.45) is 0 Å². The first kappa shape index (κ1) is 12.9. The van der Waals surface area contributed by atoms with E-state index in [1.165, 1.54) is 0 Å². The molecule has 5 heteroatoms. The van der Waals surface area contributed by atoms with Gasteiger partial charge in [0.2, 0.25) is 11.8 Å². The molecule has 1 heterocycles. The van der Waals surface area contributed by atoms with Crippen LogP contribution in [0.3, 0.4) is 0 Å². The summed E-state index contributed by atoms with van der Waals surface area (Å²) in [4.78, 5) is 23.0. The number of halogens is 1. The lowest BCUT2D eigenvalue weighted by molar-refractivity contribution is -0.126. The average Bonchev–Trinajstić information content (AvgIpc) is 2.76. The maximum absolute atomic E-state index is 11.9. The number of carbonyl (C=O) groups excluding carboxylic acids is 2. The van der Waals surface area contributed by atoms with Gasteiger partial charge < -0.3 is 10.6 Å². The topological polar surface area (TPSA) is 58.2 Å². The molecule has 0 aromatic heterocycles. The second kappa shape index (κ2) is 5.40. The van der Waals surface area contributed by atoms with E-state index in [2.05, 4.69) is 10.6 Å². The molecule has 2 N–H and O–H groups in total. The Labute approximate surface area is 111 Å². The predicted molar refractivity (Wildman–Crippen MR) is 69.2 cm³/mol. The standard InChI is InChI=1S/C13H15ClN2O2/c1-8(9-4-2-3-5-10(9)14)15-13(18)11-6-7-12(17)16-11/h2-5,8,11H,6-7H2,1H3,(H,15,18)(H,16,17)/t8-,11+/m1/s1. The zero-order valence-corrected chi connectivity index (χ0v) is 10.8. The van der Waals surface area contributed by atoms with E-state index in [1.54, 1.807) is 6.07 Å². The van der Waals surface area contributed by atoms with E-state index >= 15 is 0 Å². The van der Waals surface area contributed by atoms with Crippen LogP contribution in [0.25, 0.3) is 0 Å². The summed E-state index contributed by atoms with van der Waals surface area (Å²) in [6, 6.07) is 6.79. The summed E-state index contributed by atoms with van der Waals surface area (Å²) >= 11 is 6.06. The molecule has 2 amide bonds. The van der Waals surface area contributed by atoms with Gasteiger partial charge in [-0.25, -0.2) is 0 Å². The van der Waals surface area contributed by atoms with Gasteiger partial charge in [-0.3, -0.25) is 9.59 Å². The molecule has 0 bridgehead atoms. The number of amides is 2. The van der Waals surface area contributed by atoms with Gasteiger partial charge in [-0.05, 0) is 25.0 Å². The average molecular weight is 267 g/mol. The van der Waals surface area contributed by atoms with E-state index in [9.17, 15) is 9.59 Å². The maximum atomic E-state index is 11.9. The first-order valence-corrected chi connectivity index (χ1v) is 6.30. The molecule has 1 aliphatic rings. The van der Waals surface area contributed by atoms with Crippen LogP contribution in [0.4, 0.5) is 0 Å². The molecule has 1 aromatic carbocycles. The highest BCUT2D eigenvalue weighted by atomic mass is 35.5. The highest BCUT2D eigenvalue weighted by Crippen LogP contribution is 2.22. The lowest BCUT2D eigenvalue weighted by Gasteiger charge is -2.18. The molecule has 1 aromatic rings. The molecule has 2 rings (SSSR count). The van der Waals surface area contributed by atoms with Crippen LogP contribution in [0.15, 0.2) is 24.3 Å². The van der Waals surface area contributed by atoms with Gasteiger partial charge in [0.25, 0.3) is 0 Å². The summed E-state index contributed by atoms with van der Waals surface area (Å²) in [6.45, 7) is 1.87. The Bertz CT molecular complexity index is 476. The molecule has 0 saturated carbocycles. The van der Waals surface area contributed by atoms with Crippen molar-refractivity contribution in [2.75, 3.05) is 0 Å². The molecule has 4 nitrogen and oxygen atoms in total. The Morgan fingerprint density at radius 2 is 2.22 bits per heavy atom. The van der Waals surface area contributed by atoms with Crippen molar-refractivity contribution in [1.29, 1.82) is 0 Å². The molecule has 0 unspecified atom stereocenters. The van der Waals surface area contributed by atoms with Crippen LogP contribution in [0.2, 0.25) is 5.02 Å².